The van der Waals surface area contributed by atoms with Crippen LogP contribution in [0.5, 0.6) is 0 Å². The molecule has 186 valence electrons. The van der Waals surface area contributed by atoms with Crippen LogP contribution in [-0.2, 0) is 14.9 Å². The highest BCUT2D eigenvalue weighted by Crippen LogP contribution is 2.29. The zero-order valence-corrected chi connectivity index (χ0v) is 21.1. The Hall–Kier alpha value is -3.89. The fraction of sp³-hybridized carbons (Fsp3) is 0.200. The molecule has 0 bridgehead atoms. The number of nitrogens with one attached hydrogen (secondary N) is 4. The molecule has 0 aromatic heterocycles. The third kappa shape index (κ3) is 8.76. The summed E-state index contributed by atoms with van der Waals surface area (Å²) in [5.41, 5.74) is 4.68. The molecule has 0 fully saturated rings. The molecule has 0 spiro atoms. The summed E-state index contributed by atoms with van der Waals surface area (Å²) < 4.78 is 32.6. The molecular formula is C25H30N4O5S. The first-order chi connectivity index (χ1) is 16.4. The van der Waals surface area contributed by atoms with E-state index in [9.17, 15) is 22.6 Å². The van der Waals surface area contributed by atoms with E-state index in [1.165, 1.54) is 24.2 Å². The van der Waals surface area contributed by atoms with Gasteiger partial charge in [0.1, 0.15) is 4.90 Å². The monoisotopic (exact) mass is 498 g/mol. The van der Waals surface area contributed by atoms with Crippen LogP contribution < -0.4 is 21.3 Å². The highest BCUT2D eigenvalue weighted by Gasteiger charge is 2.19. The van der Waals surface area contributed by atoms with Gasteiger partial charge in [-0.25, -0.2) is 4.79 Å². The van der Waals surface area contributed by atoms with Crippen molar-refractivity contribution in [1.82, 2.24) is 0 Å². The van der Waals surface area contributed by atoms with E-state index in [4.69, 9.17) is 0 Å². The smallest absolute Gasteiger partial charge is 0.323 e. The average molecular weight is 499 g/mol. The molecule has 35 heavy (non-hydrogen) atoms. The molecule has 10 heteroatoms. The molecule has 3 amide bonds. The minimum Gasteiger partial charge on any atom is -0.388 e. The van der Waals surface area contributed by atoms with Crippen LogP contribution in [0, 0.1) is 20.8 Å². The predicted octanol–water partition coefficient (Wildman–Crippen LogP) is 5.19. The summed E-state index contributed by atoms with van der Waals surface area (Å²) in [6.45, 7) is 6.84. The van der Waals surface area contributed by atoms with Crippen molar-refractivity contribution in [1.29, 1.82) is 0 Å². The lowest BCUT2D eigenvalue weighted by Gasteiger charge is -2.14. The molecule has 0 atom stereocenters. The van der Waals surface area contributed by atoms with Crippen LogP contribution in [0.4, 0.5) is 27.5 Å². The average Bonchev–Trinajstić information content (AvgIpc) is 2.77. The SMILES string of the molecule is CC(=O)Nc1cc(C)c(NC(=O)Nc2ccc(C)cc2)cc1S(=O)(=O)O.CNc1ccc(C)cc1. The third-order valence-corrected chi connectivity index (χ3v) is 5.71. The summed E-state index contributed by atoms with van der Waals surface area (Å²) in [6.07, 6.45) is 0. The number of hydrogen-bond acceptors (Lipinski definition) is 5. The van der Waals surface area contributed by atoms with E-state index in [0.29, 0.717) is 11.3 Å². The quantitative estimate of drug-likeness (QED) is 0.307. The predicted molar refractivity (Wildman–Crippen MR) is 140 cm³/mol. The van der Waals surface area contributed by atoms with E-state index in [1.807, 2.05) is 26.1 Å². The molecule has 0 aliphatic carbocycles. The maximum absolute atomic E-state index is 12.1. The molecule has 0 radical (unpaired) electrons. The zero-order chi connectivity index (χ0) is 26.2. The second kappa shape index (κ2) is 12.0. The van der Waals surface area contributed by atoms with Crippen LogP contribution in [0.1, 0.15) is 23.6 Å². The van der Waals surface area contributed by atoms with E-state index in [-0.39, 0.29) is 11.4 Å². The van der Waals surface area contributed by atoms with Gasteiger partial charge in [0, 0.05) is 31.0 Å². The summed E-state index contributed by atoms with van der Waals surface area (Å²) >= 11 is 0. The Kier molecular flexibility index (Phi) is 9.38. The van der Waals surface area contributed by atoms with Gasteiger partial charge in [-0.2, -0.15) is 8.42 Å². The van der Waals surface area contributed by atoms with Gasteiger partial charge in [-0.1, -0.05) is 35.4 Å². The largest absolute Gasteiger partial charge is 0.388 e. The lowest BCUT2D eigenvalue weighted by molar-refractivity contribution is -0.114. The van der Waals surface area contributed by atoms with Crippen LogP contribution in [0.25, 0.3) is 0 Å². The Morgan fingerprint density at radius 2 is 1.26 bits per heavy atom. The Morgan fingerprint density at radius 1 is 0.743 bits per heavy atom. The minimum absolute atomic E-state index is 0.0676. The first-order valence-corrected chi connectivity index (χ1v) is 12.1. The van der Waals surface area contributed by atoms with Crippen molar-refractivity contribution in [3.05, 3.63) is 77.4 Å². The van der Waals surface area contributed by atoms with Gasteiger partial charge < -0.3 is 21.3 Å². The minimum atomic E-state index is -4.60. The van der Waals surface area contributed by atoms with Crippen LogP contribution in [0.2, 0.25) is 0 Å². The van der Waals surface area contributed by atoms with Crippen LogP contribution in [-0.4, -0.2) is 32.0 Å². The molecule has 9 nitrogen and oxygen atoms in total. The molecule has 3 rings (SSSR count). The Bertz CT molecular complexity index is 1290. The normalized spacial score (nSPS) is 10.5. The number of benzene rings is 3. The van der Waals surface area contributed by atoms with E-state index >= 15 is 0 Å². The zero-order valence-electron chi connectivity index (χ0n) is 20.3. The molecule has 5 N–H and O–H groups in total. The third-order valence-electron chi connectivity index (χ3n) is 4.81. The van der Waals surface area contributed by atoms with Gasteiger partial charge in [0.05, 0.1) is 5.69 Å². The summed E-state index contributed by atoms with van der Waals surface area (Å²) in [6, 6.07) is 17.3. The van der Waals surface area contributed by atoms with Gasteiger partial charge in [0.25, 0.3) is 10.1 Å². The van der Waals surface area contributed by atoms with Crippen LogP contribution in [0.3, 0.4) is 0 Å². The van der Waals surface area contributed by atoms with Crippen molar-refractivity contribution < 1.29 is 22.6 Å². The number of carbonyl (C=O) groups is 2. The van der Waals surface area contributed by atoms with Gasteiger partial charge in [-0.15, -0.1) is 0 Å². The number of aryl methyl sites for hydroxylation is 3. The van der Waals surface area contributed by atoms with E-state index in [2.05, 4.69) is 52.5 Å². The Morgan fingerprint density at radius 3 is 1.71 bits per heavy atom. The second-order valence-corrected chi connectivity index (χ2v) is 9.27. The number of amides is 3. The topological polar surface area (TPSA) is 137 Å². The fourth-order valence-electron chi connectivity index (χ4n) is 2.97. The van der Waals surface area contributed by atoms with Crippen molar-refractivity contribution in [3.8, 4) is 0 Å². The molecule has 3 aromatic rings. The van der Waals surface area contributed by atoms with Crippen molar-refractivity contribution >= 4 is 44.8 Å². The number of urea groups is 1. The Balaban J connectivity index is 0.000000402. The first-order valence-electron chi connectivity index (χ1n) is 10.7. The fourth-order valence-corrected chi connectivity index (χ4v) is 3.62. The first kappa shape index (κ1) is 27.4. The maximum atomic E-state index is 12.1. The van der Waals surface area contributed by atoms with E-state index in [1.54, 1.807) is 19.1 Å². The van der Waals surface area contributed by atoms with Gasteiger partial charge in [0.2, 0.25) is 5.91 Å². The standard InChI is InChI=1S/C17H19N3O5S.C8H11N/c1-10-4-6-13(7-5-10)19-17(22)20-14-9-16(26(23,24)25)15(8-11(14)2)18-12(3)21;1-7-3-5-8(9-2)6-4-7/h4-9H,1-3H3,(H,18,21)(H2,19,20,22)(H,23,24,25);3-6,9H,1-2H3. The van der Waals surface area contributed by atoms with Crippen LogP contribution in [0.15, 0.2) is 65.6 Å². The van der Waals surface area contributed by atoms with Crippen molar-refractivity contribution in [3.63, 3.8) is 0 Å². The van der Waals surface area contributed by atoms with Crippen molar-refractivity contribution in [2.45, 2.75) is 32.6 Å². The van der Waals surface area contributed by atoms with Crippen molar-refractivity contribution in [2.75, 3.05) is 28.3 Å². The maximum Gasteiger partial charge on any atom is 0.323 e. The number of hydrogen-bond donors (Lipinski definition) is 5. The number of carbonyl (C=O) groups excluding carboxylic acids is 2. The van der Waals surface area contributed by atoms with Crippen LogP contribution >= 0.6 is 0 Å². The molecule has 0 heterocycles. The lowest BCUT2D eigenvalue weighted by Crippen LogP contribution is -2.20. The number of anilines is 4. The van der Waals surface area contributed by atoms with Gasteiger partial charge in [0.15, 0.2) is 0 Å². The molecule has 0 saturated heterocycles. The summed E-state index contributed by atoms with van der Waals surface area (Å²) in [5.74, 6) is -0.493. The summed E-state index contributed by atoms with van der Waals surface area (Å²) in [4.78, 5) is 22.9. The highest BCUT2D eigenvalue weighted by atomic mass is 32.2. The van der Waals surface area contributed by atoms with E-state index < -0.39 is 27.0 Å². The lowest BCUT2D eigenvalue weighted by atomic mass is 10.1. The molecule has 0 aliphatic rings. The second-order valence-electron chi connectivity index (χ2n) is 7.88. The number of rotatable bonds is 5. The molecule has 0 saturated carbocycles. The Labute approximate surface area is 205 Å². The molecule has 0 unspecified atom stereocenters. The summed E-state index contributed by atoms with van der Waals surface area (Å²) in [7, 11) is -2.68. The van der Waals surface area contributed by atoms with Gasteiger partial charge in [-0.05, 0) is 62.7 Å². The molecular weight excluding hydrogens is 468 g/mol. The summed E-state index contributed by atoms with van der Waals surface area (Å²) in [5, 5.41) is 10.5. The molecule has 3 aromatic carbocycles. The highest BCUT2D eigenvalue weighted by molar-refractivity contribution is 7.86. The van der Waals surface area contributed by atoms with E-state index in [0.717, 1.165) is 11.6 Å². The molecule has 0 aliphatic heterocycles. The van der Waals surface area contributed by atoms with Gasteiger partial charge in [-0.3, -0.25) is 9.35 Å². The van der Waals surface area contributed by atoms with Gasteiger partial charge >= 0.3 is 6.03 Å². The van der Waals surface area contributed by atoms with Crippen molar-refractivity contribution in [2.24, 2.45) is 0 Å².